The molecule has 7 nitrogen and oxygen atoms in total. The van der Waals surface area contributed by atoms with Gasteiger partial charge < -0.3 is 9.84 Å². The van der Waals surface area contributed by atoms with Gasteiger partial charge >= 0.3 is 11.3 Å². The molecule has 2 aromatic heterocycles. The smallest absolute Gasteiger partial charge is 0.343 e. The maximum atomic E-state index is 12.7. The number of H-pyrrole nitrogens is 1. The first kappa shape index (κ1) is 13.6. The van der Waals surface area contributed by atoms with E-state index in [9.17, 15) is 13.6 Å². The third-order valence-corrected chi connectivity index (χ3v) is 4.15. The number of nitrogens with zero attached hydrogens (tertiary/aromatic N) is 3. The van der Waals surface area contributed by atoms with E-state index in [2.05, 4.69) is 30.2 Å². The zero-order chi connectivity index (χ0) is 15.5. The average Bonchev–Trinajstić information content (AvgIpc) is 2.85. The van der Waals surface area contributed by atoms with Crippen LogP contribution in [-0.2, 0) is 18.3 Å². The van der Waals surface area contributed by atoms with Crippen molar-refractivity contribution in [2.75, 3.05) is 0 Å². The van der Waals surface area contributed by atoms with Crippen LogP contribution in [0.1, 0.15) is 45.8 Å². The van der Waals surface area contributed by atoms with E-state index >= 15 is 0 Å². The number of halogens is 3. The highest BCUT2D eigenvalue weighted by molar-refractivity contribution is 6.21. The second-order valence-corrected chi connectivity index (χ2v) is 5.94. The van der Waals surface area contributed by atoms with E-state index in [1.54, 1.807) is 0 Å². The summed E-state index contributed by atoms with van der Waals surface area (Å²) in [5, 5.41) is 9.07. The van der Waals surface area contributed by atoms with E-state index in [4.69, 9.17) is 11.6 Å². The highest BCUT2D eigenvalue weighted by Crippen LogP contribution is 2.55. The Labute approximate surface area is 127 Å². The molecule has 2 aliphatic rings. The summed E-state index contributed by atoms with van der Waals surface area (Å²) in [5.74, 6) is -0.350. The largest absolute Gasteiger partial charge is 0.400 e. The molecule has 2 heterocycles. The molecule has 116 valence electrons. The second-order valence-electron chi connectivity index (χ2n) is 5.47. The Bertz CT molecular complexity index is 753. The van der Waals surface area contributed by atoms with Crippen molar-refractivity contribution in [3.63, 3.8) is 0 Å². The third-order valence-electron chi connectivity index (χ3n) is 3.99. The number of rotatable bonds is 4. The average molecular weight is 330 g/mol. The molecule has 0 bridgehead atoms. The third kappa shape index (κ3) is 2.16. The molecule has 0 radical (unpaired) electrons. The van der Waals surface area contributed by atoms with Gasteiger partial charge in [0, 0.05) is 17.2 Å². The van der Waals surface area contributed by atoms with E-state index in [0.717, 1.165) is 24.1 Å². The second kappa shape index (κ2) is 4.48. The number of hydrogen-bond donors (Lipinski definition) is 2. The minimum absolute atomic E-state index is 0.0845. The van der Waals surface area contributed by atoms with Crippen molar-refractivity contribution >= 4 is 17.5 Å². The van der Waals surface area contributed by atoms with Crippen LogP contribution in [0.5, 0.6) is 0 Å². The van der Waals surface area contributed by atoms with Gasteiger partial charge in [0.1, 0.15) is 0 Å². The zero-order valence-electron chi connectivity index (χ0n) is 11.1. The number of amides is 1. The molecule has 2 atom stereocenters. The van der Waals surface area contributed by atoms with Gasteiger partial charge in [0.25, 0.3) is 5.91 Å². The summed E-state index contributed by atoms with van der Waals surface area (Å²) in [6, 6.07) is 0. The lowest BCUT2D eigenvalue weighted by atomic mass is 10.1. The van der Waals surface area contributed by atoms with Gasteiger partial charge in [0.2, 0.25) is 0 Å². The van der Waals surface area contributed by atoms with Crippen molar-refractivity contribution in [1.82, 2.24) is 25.7 Å². The number of fused-ring (bicyclic) bond motifs is 3. The maximum Gasteiger partial charge on any atom is 0.400 e. The fraction of sp³-hybridized carbons (Fsp3) is 0.500. The molecule has 1 amide bonds. The van der Waals surface area contributed by atoms with E-state index < -0.39 is 17.2 Å². The summed E-state index contributed by atoms with van der Waals surface area (Å²) in [6.45, 7) is -0.149. The molecular formula is C12H10ClF2N5O2. The maximum absolute atomic E-state index is 12.7. The van der Waals surface area contributed by atoms with Gasteiger partial charge in [0.05, 0.1) is 6.54 Å². The minimum Gasteiger partial charge on any atom is -0.343 e. The van der Waals surface area contributed by atoms with Crippen LogP contribution in [-0.4, -0.2) is 26.2 Å². The van der Waals surface area contributed by atoms with Crippen molar-refractivity contribution in [3.05, 3.63) is 28.7 Å². The highest BCUT2D eigenvalue weighted by atomic mass is 35.5. The van der Waals surface area contributed by atoms with E-state index in [0.29, 0.717) is 17.5 Å². The standard InChI is InChI=1S/C12H10ClF2N5O2/c13-12(14,15)11-17-7(20-22-11)3-16-10(21)9-6-2-4-1-5(4)8(6)18-19-9/h4-5H,1-3H2,(H,16,21)(H,18,19)/t4-,5-/m1/s1. The number of nitrogens with one attached hydrogen (secondary N) is 2. The van der Waals surface area contributed by atoms with Gasteiger partial charge in [-0.15, -0.1) is 0 Å². The summed E-state index contributed by atoms with van der Waals surface area (Å²) < 4.78 is 29.8. The van der Waals surface area contributed by atoms with E-state index in [-0.39, 0.29) is 12.4 Å². The molecule has 0 saturated heterocycles. The Morgan fingerprint density at radius 3 is 3.09 bits per heavy atom. The monoisotopic (exact) mass is 329 g/mol. The summed E-state index contributed by atoms with van der Waals surface area (Å²) in [4.78, 5) is 15.5. The Balaban J connectivity index is 1.43. The highest BCUT2D eigenvalue weighted by Gasteiger charge is 2.48. The Kier molecular flexibility index (Phi) is 2.77. The first-order valence-electron chi connectivity index (χ1n) is 6.68. The molecule has 0 aromatic carbocycles. The molecule has 0 unspecified atom stereocenters. The lowest BCUT2D eigenvalue weighted by molar-refractivity contribution is 0.0550. The fourth-order valence-electron chi connectivity index (χ4n) is 2.85. The van der Waals surface area contributed by atoms with Crippen molar-refractivity contribution in [2.24, 2.45) is 5.92 Å². The van der Waals surface area contributed by atoms with Crippen molar-refractivity contribution < 1.29 is 18.1 Å². The summed E-state index contributed by atoms with van der Waals surface area (Å²) in [5.41, 5.74) is 2.33. The first-order valence-corrected chi connectivity index (χ1v) is 7.06. The normalized spacial score (nSPS) is 22.3. The van der Waals surface area contributed by atoms with Crippen molar-refractivity contribution in [1.29, 1.82) is 0 Å². The molecule has 10 heteroatoms. The van der Waals surface area contributed by atoms with Gasteiger partial charge in [0.15, 0.2) is 11.5 Å². The summed E-state index contributed by atoms with van der Waals surface area (Å²) >= 11 is 4.77. The molecule has 2 aliphatic carbocycles. The minimum atomic E-state index is -3.72. The Hall–Kier alpha value is -2.03. The molecule has 0 spiro atoms. The number of alkyl halides is 3. The lowest BCUT2D eigenvalue weighted by Gasteiger charge is -2.02. The van der Waals surface area contributed by atoms with E-state index in [1.807, 2.05) is 0 Å². The van der Waals surface area contributed by atoms with Crippen LogP contribution in [0.2, 0.25) is 0 Å². The Morgan fingerprint density at radius 2 is 2.36 bits per heavy atom. The molecule has 1 saturated carbocycles. The van der Waals surface area contributed by atoms with Crippen LogP contribution in [0.4, 0.5) is 8.78 Å². The SMILES string of the molecule is O=C(NCc1noc(C(F)(F)Cl)n1)c1n[nH]c2c1C[C@H]1C[C@@H]21. The topological polar surface area (TPSA) is 96.7 Å². The first-order chi connectivity index (χ1) is 10.4. The molecule has 2 aromatic rings. The van der Waals surface area contributed by atoms with Crippen LogP contribution in [0.3, 0.4) is 0 Å². The fourth-order valence-corrected chi connectivity index (χ4v) is 2.93. The van der Waals surface area contributed by atoms with Crippen LogP contribution < -0.4 is 5.32 Å². The summed E-state index contributed by atoms with van der Waals surface area (Å²) in [6.07, 6.45) is 2.00. The van der Waals surface area contributed by atoms with Crippen molar-refractivity contribution in [2.45, 2.75) is 30.7 Å². The molecule has 2 N–H and O–H groups in total. The molecule has 22 heavy (non-hydrogen) atoms. The molecule has 4 rings (SSSR count). The molecule has 1 fully saturated rings. The van der Waals surface area contributed by atoms with Gasteiger partial charge in [-0.3, -0.25) is 9.89 Å². The lowest BCUT2D eigenvalue weighted by Crippen LogP contribution is -2.25. The number of carbonyl (C=O) groups is 1. The number of aromatic nitrogens is 4. The van der Waals surface area contributed by atoms with Gasteiger partial charge in [-0.25, -0.2) is 0 Å². The van der Waals surface area contributed by atoms with Crippen LogP contribution >= 0.6 is 11.6 Å². The van der Waals surface area contributed by atoms with Crippen LogP contribution in [0.25, 0.3) is 0 Å². The quantitative estimate of drug-likeness (QED) is 0.832. The van der Waals surface area contributed by atoms with Gasteiger partial charge in [-0.1, -0.05) is 5.16 Å². The molecule has 0 aliphatic heterocycles. The number of aromatic amines is 1. The molecular weight excluding hydrogens is 320 g/mol. The van der Waals surface area contributed by atoms with Gasteiger partial charge in [-0.05, 0) is 30.4 Å². The Morgan fingerprint density at radius 1 is 1.55 bits per heavy atom. The van der Waals surface area contributed by atoms with Crippen LogP contribution in [0.15, 0.2) is 4.52 Å². The van der Waals surface area contributed by atoms with E-state index in [1.165, 1.54) is 0 Å². The van der Waals surface area contributed by atoms with Crippen LogP contribution in [0, 0.1) is 5.92 Å². The predicted octanol–water partition coefficient (Wildman–Crippen LogP) is 1.67. The predicted molar refractivity (Wildman–Crippen MR) is 68.4 cm³/mol. The van der Waals surface area contributed by atoms with Crippen molar-refractivity contribution in [3.8, 4) is 0 Å². The number of carbonyl (C=O) groups excluding carboxylic acids is 1. The number of hydrogen-bond acceptors (Lipinski definition) is 5. The zero-order valence-corrected chi connectivity index (χ0v) is 11.8. The summed E-state index contributed by atoms with van der Waals surface area (Å²) in [7, 11) is 0. The van der Waals surface area contributed by atoms with Gasteiger partial charge in [-0.2, -0.15) is 18.9 Å².